The summed E-state index contributed by atoms with van der Waals surface area (Å²) >= 11 is 3.25. The van der Waals surface area contributed by atoms with E-state index in [4.69, 9.17) is 5.11 Å². The van der Waals surface area contributed by atoms with Crippen LogP contribution in [0.3, 0.4) is 0 Å². The number of carboxylic acids is 1. The second kappa shape index (κ2) is 4.45. The first kappa shape index (κ1) is 11.5. The van der Waals surface area contributed by atoms with Crippen molar-refractivity contribution in [3.63, 3.8) is 0 Å². The molecular weight excluding hydrogens is 270 g/mol. The molecule has 0 bridgehead atoms. The van der Waals surface area contributed by atoms with Crippen LogP contribution in [0.25, 0.3) is 0 Å². The SMILES string of the molecule is CCC1CN(c2ccc(Br)c(C(=O)O)c2)C1. The van der Waals surface area contributed by atoms with E-state index in [2.05, 4.69) is 27.8 Å². The van der Waals surface area contributed by atoms with Crippen LogP contribution in [-0.2, 0) is 0 Å². The first-order valence-corrected chi connectivity index (χ1v) is 6.19. The van der Waals surface area contributed by atoms with Gasteiger partial charge in [-0.25, -0.2) is 4.79 Å². The van der Waals surface area contributed by atoms with Gasteiger partial charge < -0.3 is 10.0 Å². The maximum absolute atomic E-state index is 11.0. The average Bonchev–Trinajstić information content (AvgIpc) is 2.18. The minimum Gasteiger partial charge on any atom is -0.478 e. The third kappa shape index (κ3) is 2.07. The molecule has 0 aromatic heterocycles. The van der Waals surface area contributed by atoms with E-state index in [1.165, 1.54) is 6.42 Å². The van der Waals surface area contributed by atoms with Crippen molar-refractivity contribution in [1.82, 2.24) is 0 Å². The van der Waals surface area contributed by atoms with E-state index in [0.717, 1.165) is 24.7 Å². The van der Waals surface area contributed by atoms with Crippen molar-refractivity contribution in [2.75, 3.05) is 18.0 Å². The lowest BCUT2D eigenvalue weighted by Crippen LogP contribution is -2.46. The third-order valence-electron chi connectivity index (χ3n) is 3.08. The van der Waals surface area contributed by atoms with Gasteiger partial charge in [0.25, 0.3) is 0 Å². The van der Waals surface area contributed by atoms with E-state index >= 15 is 0 Å². The summed E-state index contributed by atoms with van der Waals surface area (Å²) in [5.74, 6) is -0.127. The summed E-state index contributed by atoms with van der Waals surface area (Å²) in [4.78, 5) is 13.2. The highest BCUT2D eigenvalue weighted by atomic mass is 79.9. The molecule has 0 unspecified atom stereocenters. The molecule has 0 aliphatic carbocycles. The Morgan fingerprint density at radius 2 is 2.25 bits per heavy atom. The number of nitrogens with zero attached hydrogens (tertiary/aromatic N) is 1. The van der Waals surface area contributed by atoms with Crippen molar-refractivity contribution < 1.29 is 9.90 Å². The van der Waals surface area contributed by atoms with Crippen LogP contribution in [0.5, 0.6) is 0 Å². The summed E-state index contributed by atoms with van der Waals surface area (Å²) in [7, 11) is 0. The van der Waals surface area contributed by atoms with Crippen LogP contribution in [0.4, 0.5) is 5.69 Å². The Kier molecular flexibility index (Phi) is 3.19. The van der Waals surface area contributed by atoms with Crippen LogP contribution < -0.4 is 4.90 Å². The zero-order valence-electron chi connectivity index (χ0n) is 9.11. The van der Waals surface area contributed by atoms with E-state index in [1.807, 2.05) is 6.07 Å². The van der Waals surface area contributed by atoms with E-state index in [0.29, 0.717) is 10.0 Å². The molecule has 1 fully saturated rings. The Morgan fingerprint density at radius 3 is 2.81 bits per heavy atom. The van der Waals surface area contributed by atoms with Crippen LogP contribution in [0, 0.1) is 5.92 Å². The predicted octanol–water partition coefficient (Wildman–Crippen LogP) is 2.99. The largest absolute Gasteiger partial charge is 0.478 e. The van der Waals surface area contributed by atoms with Crippen molar-refractivity contribution in [3.8, 4) is 0 Å². The van der Waals surface area contributed by atoms with Gasteiger partial charge in [0.05, 0.1) is 5.56 Å². The first-order valence-electron chi connectivity index (χ1n) is 5.39. The average molecular weight is 284 g/mol. The molecule has 1 aliphatic heterocycles. The number of halogens is 1. The summed E-state index contributed by atoms with van der Waals surface area (Å²) in [5, 5.41) is 9.01. The number of hydrogen-bond acceptors (Lipinski definition) is 2. The van der Waals surface area contributed by atoms with Crippen LogP contribution >= 0.6 is 15.9 Å². The second-order valence-electron chi connectivity index (χ2n) is 4.15. The fourth-order valence-electron chi connectivity index (χ4n) is 1.91. The molecule has 3 nitrogen and oxygen atoms in total. The maximum Gasteiger partial charge on any atom is 0.336 e. The van der Waals surface area contributed by atoms with Gasteiger partial charge in [0.2, 0.25) is 0 Å². The molecule has 1 aromatic carbocycles. The molecule has 16 heavy (non-hydrogen) atoms. The van der Waals surface area contributed by atoms with Gasteiger partial charge in [-0.2, -0.15) is 0 Å². The Hall–Kier alpha value is -1.03. The van der Waals surface area contributed by atoms with Crippen LogP contribution in [0.15, 0.2) is 22.7 Å². The van der Waals surface area contributed by atoms with Gasteiger partial charge in [-0.15, -0.1) is 0 Å². The zero-order valence-corrected chi connectivity index (χ0v) is 10.7. The lowest BCUT2D eigenvalue weighted by atomic mass is 9.96. The van der Waals surface area contributed by atoms with Gasteiger partial charge in [-0.3, -0.25) is 0 Å². The quantitative estimate of drug-likeness (QED) is 0.927. The van der Waals surface area contributed by atoms with Gasteiger partial charge in [-0.1, -0.05) is 6.92 Å². The number of aromatic carboxylic acids is 1. The highest BCUT2D eigenvalue weighted by Crippen LogP contribution is 2.29. The summed E-state index contributed by atoms with van der Waals surface area (Å²) in [6.45, 7) is 4.26. The predicted molar refractivity (Wildman–Crippen MR) is 67.1 cm³/mol. The number of carboxylic acid groups (broad SMARTS) is 1. The molecule has 1 aromatic rings. The van der Waals surface area contributed by atoms with Crippen LogP contribution in [-0.4, -0.2) is 24.2 Å². The number of anilines is 1. The molecule has 0 saturated carbocycles. The maximum atomic E-state index is 11.0. The van der Waals surface area contributed by atoms with Crippen molar-refractivity contribution in [2.24, 2.45) is 5.92 Å². The number of carbonyl (C=O) groups is 1. The summed E-state index contributed by atoms with van der Waals surface area (Å²) in [6.07, 6.45) is 1.19. The zero-order chi connectivity index (χ0) is 11.7. The normalized spacial score (nSPS) is 16.0. The van der Waals surface area contributed by atoms with Gasteiger partial charge in [-0.05, 0) is 46.5 Å². The van der Waals surface area contributed by atoms with Crippen LogP contribution in [0.1, 0.15) is 23.7 Å². The first-order chi connectivity index (χ1) is 7.61. The molecule has 1 aliphatic rings. The fourth-order valence-corrected chi connectivity index (χ4v) is 2.33. The molecule has 0 radical (unpaired) electrons. The van der Waals surface area contributed by atoms with E-state index in [9.17, 15) is 4.79 Å². The Morgan fingerprint density at radius 1 is 1.56 bits per heavy atom. The molecule has 1 N–H and O–H groups in total. The fraction of sp³-hybridized carbons (Fsp3) is 0.417. The summed E-state index contributed by atoms with van der Waals surface area (Å²) in [6, 6.07) is 5.50. The minimum atomic E-state index is -0.888. The molecule has 0 amide bonds. The lowest BCUT2D eigenvalue weighted by Gasteiger charge is -2.40. The Labute approximate surface area is 103 Å². The highest BCUT2D eigenvalue weighted by molar-refractivity contribution is 9.10. The molecule has 1 saturated heterocycles. The van der Waals surface area contributed by atoms with E-state index in [1.54, 1.807) is 12.1 Å². The third-order valence-corrected chi connectivity index (χ3v) is 3.77. The molecule has 86 valence electrons. The van der Waals surface area contributed by atoms with E-state index < -0.39 is 5.97 Å². The monoisotopic (exact) mass is 283 g/mol. The van der Waals surface area contributed by atoms with Crippen molar-refractivity contribution in [2.45, 2.75) is 13.3 Å². The molecule has 0 atom stereocenters. The topological polar surface area (TPSA) is 40.5 Å². The Balaban J connectivity index is 2.18. The molecular formula is C12H14BrNO2. The molecule has 2 rings (SSSR count). The lowest BCUT2D eigenvalue weighted by molar-refractivity contribution is 0.0696. The van der Waals surface area contributed by atoms with E-state index in [-0.39, 0.29) is 0 Å². The molecule has 1 heterocycles. The molecule has 4 heteroatoms. The number of benzene rings is 1. The van der Waals surface area contributed by atoms with Gasteiger partial charge in [0.1, 0.15) is 0 Å². The van der Waals surface area contributed by atoms with Crippen molar-refractivity contribution in [1.29, 1.82) is 0 Å². The standard InChI is InChI=1S/C12H14BrNO2/c1-2-8-6-14(7-8)9-3-4-11(13)10(5-9)12(15)16/h3-5,8H,2,6-7H2,1H3,(H,15,16). The summed E-state index contributed by atoms with van der Waals surface area (Å²) < 4.78 is 0.635. The highest BCUT2D eigenvalue weighted by Gasteiger charge is 2.25. The smallest absolute Gasteiger partial charge is 0.336 e. The van der Waals surface area contributed by atoms with Gasteiger partial charge in [0.15, 0.2) is 0 Å². The number of hydrogen-bond donors (Lipinski definition) is 1. The van der Waals surface area contributed by atoms with Crippen LogP contribution in [0.2, 0.25) is 0 Å². The second-order valence-corrected chi connectivity index (χ2v) is 5.00. The van der Waals surface area contributed by atoms with Crippen molar-refractivity contribution in [3.05, 3.63) is 28.2 Å². The van der Waals surface area contributed by atoms with Crippen molar-refractivity contribution >= 4 is 27.6 Å². The summed E-state index contributed by atoms with van der Waals surface area (Å²) in [5.41, 5.74) is 1.34. The number of rotatable bonds is 3. The Bertz CT molecular complexity index is 413. The molecule has 0 spiro atoms. The minimum absolute atomic E-state index is 0.331. The van der Waals surface area contributed by atoms with Gasteiger partial charge in [0, 0.05) is 23.2 Å². The van der Waals surface area contributed by atoms with Gasteiger partial charge >= 0.3 is 5.97 Å².